The Kier molecular flexibility index (Phi) is 3.49. The maximum absolute atomic E-state index is 11.9. The maximum Gasteiger partial charge on any atom is 0.341 e. The smallest absolute Gasteiger partial charge is 0.341 e. The normalized spacial score (nSPS) is 17.3. The van der Waals surface area contributed by atoms with Crippen LogP contribution in [-0.4, -0.2) is 12.1 Å². The van der Waals surface area contributed by atoms with Crippen LogP contribution in [0.1, 0.15) is 48.0 Å². The van der Waals surface area contributed by atoms with E-state index in [1.165, 1.54) is 17.8 Å². The van der Waals surface area contributed by atoms with Crippen LogP contribution in [0.5, 0.6) is 0 Å². The van der Waals surface area contributed by atoms with E-state index in [9.17, 15) is 4.79 Å². The zero-order valence-corrected chi connectivity index (χ0v) is 10.3. The first-order chi connectivity index (χ1) is 7.68. The molecule has 16 heavy (non-hydrogen) atoms. The highest BCUT2D eigenvalue weighted by molar-refractivity contribution is 7.14. The molecular formula is C12H17NO2S. The quantitative estimate of drug-likeness (QED) is 0.807. The molecule has 1 aliphatic carbocycles. The molecule has 3 nitrogen and oxygen atoms in total. The Balaban J connectivity index is 2.02. The molecule has 1 aliphatic rings. The minimum absolute atomic E-state index is 0.0972. The first kappa shape index (κ1) is 11.5. The molecule has 0 atom stereocenters. The van der Waals surface area contributed by atoms with Crippen molar-refractivity contribution in [3.8, 4) is 0 Å². The summed E-state index contributed by atoms with van der Waals surface area (Å²) in [5.41, 5.74) is 7.25. The molecule has 0 bridgehead atoms. The average molecular weight is 239 g/mol. The SMILES string of the molecule is Cc1csc(N)c1C(=O)OC1CCCCC1. The summed E-state index contributed by atoms with van der Waals surface area (Å²) >= 11 is 1.40. The van der Waals surface area contributed by atoms with Crippen LogP contribution in [0.2, 0.25) is 0 Å². The fraction of sp³-hybridized carbons (Fsp3) is 0.583. The predicted octanol–water partition coefficient (Wildman–Crippen LogP) is 3.13. The summed E-state index contributed by atoms with van der Waals surface area (Å²) in [5.74, 6) is -0.247. The van der Waals surface area contributed by atoms with Gasteiger partial charge >= 0.3 is 5.97 Å². The molecule has 1 aromatic heterocycles. The van der Waals surface area contributed by atoms with Crippen molar-refractivity contribution in [2.75, 3.05) is 5.73 Å². The van der Waals surface area contributed by atoms with Gasteiger partial charge in [-0.15, -0.1) is 11.3 Å². The highest BCUT2D eigenvalue weighted by Crippen LogP contribution is 2.27. The Morgan fingerprint density at radius 1 is 1.44 bits per heavy atom. The standard InChI is InChI=1S/C12H17NO2S/c1-8-7-16-11(13)10(8)12(14)15-9-5-3-2-4-6-9/h7,9H,2-6,13H2,1H3. The number of esters is 1. The Labute approximate surface area is 99.6 Å². The lowest BCUT2D eigenvalue weighted by Crippen LogP contribution is -2.21. The summed E-state index contributed by atoms with van der Waals surface area (Å²) in [6, 6.07) is 0. The number of hydrogen-bond donors (Lipinski definition) is 1. The number of anilines is 1. The molecule has 1 aromatic rings. The summed E-state index contributed by atoms with van der Waals surface area (Å²) in [6.07, 6.45) is 5.67. The number of carbonyl (C=O) groups excluding carboxylic acids is 1. The molecule has 2 N–H and O–H groups in total. The largest absolute Gasteiger partial charge is 0.459 e. The zero-order chi connectivity index (χ0) is 11.5. The van der Waals surface area contributed by atoms with E-state index in [2.05, 4.69) is 0 Å². The maximum atomic E-state index is 11.9. The van der Waals surface area contributed by atoms with Gasteiger partial charge in [0.05, 0.1) is 5.56 Å². The molecule has 0 aliphatic heterocycles. The zero-order valence-electron chi connectivity index (χ0n) is 9.49. The number of carbonyl (C=O) groups is 1. The van der Waals surface area contributed by atoms with Crippen LogP contribution in [0, 0.1) is 6.92 Å². The number of nitrogen functional groups attached to an aromatic ring is 1. The number of nitrogens with two attached hydrogens (primary N) is 1. The van der Waals surface area contributed by atoms with Gasteiger partial charge in [0.15, 0.2) is 0 Å². The van der Waals surface area contributed by atoms with Gasteiger partial charge in [-0.3, -0.25) is 0 Å². The molecule has 0 saturated heterocycles. The van der Waals surface area contributed by atoms with Crippen molar-refractivity contribution < 1.29 is 9.53 Å². The van der Waals surface area contributed by atoms with Crippen molar-refractivity contribution in [1.82, 2.24) is 0 Å². The van der Waals surface area contributed by atoms with Crippen molar-refractivity contribution in [2.45, 2.75) is 45.1 Å². The van der Waals surface area contributed by atoms with Crippen molar-refractivity contribution in [1.29, 1.82) is 0 Å². The number of aryl methyl sites for hydroxylation is 1. The number of hydrogen-bond acceptors (Lipinski definition) is 4. The average Bonchev–Trinajstić information content (AvgIpc) is 2.60. The fourth-order valence-corrected chi connectivity index (χ4v) is 2.90. The first-order valence-corrected chi connectivity index (χ1v) is 6.61. The van der Waals surface area contributed by atoms with Crippen molar-refractivity contribution in [3.63, 3.8) is 0 Å². The molecule has 0 radical (unpaired) electrons. The molecule has 0 spiro atoms. The van der Waals surface area contributed by atoms with E-state index < -0.39 is 0 Å². The Hall–Kier alpha value is -1.03. The van der Waals surface area contributed by atoms with E-state index in [4.69, 9.17) is 10.5 Å². The minimum atomic E-state index is -0.247. The Bertz CT molecular complexity index is 361. The van der Waals surface area contributed by atoms with E-state index in [0.717, 1.165) is 31.2 Å². The van der Waals surface area contributed by atoms with E-state index in [0.29, 0.717) is 10.6 Å². The van der Waals surface area contributed by atoms with Crippen LogP contribution in [-0.2, 0) is 4.74 Å². The molecule has 4 heteroatoms. The van der Waals surface area contributed by atoms with Gasteiger partial charge in [-0.1, -0.05) is 6.42 Å². The van der Waals surface area contributed by atoms with Crippen LogP contribution in [0.3, 0.4) is 0 Å². The van der Waals surface area contributed by atoms with Crippen molar-refractivity contribution in [3.05, 3.63) is 16.5 Å². The number of thiophene rings is 1. The predicted molar refractivity (Wildman–Crippen MR) is 65.8 cm³/mol. The molecule has 1 heterocycles. The summed E-state index contributed by atoms with van der Waals surface area (Å²) in [4.78, 5) is 11.9. The molecule has 2 rings (SSSR count). The van der Waals surface area contributed by atoms with Crippen LogP contribution < -0.4 is 5.73 Å². The summed E-state index contributed by atoms with van der Waals surface area (Å²) in [6.45, 7) is 1.89. The van der Waals surface area contributed by atoms with Crippen LogP contribution in [0.25, 0.3) is 0 Å². The summed E-state index contributed by atoms with van der Waals surface area (Å²) < 4.78 is 5.49. The lowest BCUT2D eigenvalue weighted by Gasteiger charge is -2.21. The third kappa shape index (κ3) is 2.38. The van der Waals surface area contributed by atoms with Gasteiger partial charge in [0, 0.05) is 0 Å². The highest BCUT2D eigenvalue weighted by atomic mass is 32.1. The molecule has 1 saturated carbocycles. The van der Waals surface area contributed by atoms with Crippen molar-refractivity contribution >= 4 is 22.3 Å². The Morgan fingerprint density at radius 3 is 2.69 bits per heavy atom. The number of ether oxygens (including phenoxy) is 1. The summed E-state index contributed by atoms with van der Waals surface area (Å²) in [7, 11) is 0. The lowest BCUT2D eigenvalue weighted by molar-refractivity contribution is 0.0212. The van der Waals surface area contributed by atoms with Crippen LogP contribution in [0.4, 0.5) is 5.00 Å². The number of rotatable bonds is 2. The minimum Gasteiger partial charge on any atom is -0.459 e. The molecule has 88 valence electrons. The van der Waals surface area contributed by atoms with E-state index in [1.54, 1.807) is 0 Å². The van der Waals surface area contributed by atoms with Crippen LogP contribution in [0.15, 0.2) is 5.38 Å². The molecule has 0 aromatic carbocycles. The Morgan fingerprint density at radius 2 is 2.12 bits per heavy atom. The van der Waals surface area contributed by atoms with E-state index in [1.807, 2.05) is 12.3 Å². The van der Waals surface area contributed by atoms with Gasteiger partial charge in [-0.25, -0.2) is 4.79 Å². The van der Waals surface area contributed by atoms with Gasteiger partial charge < -0.3 is 10.5 Å². The topological polar surface area (TPSA) is 52.3 Å². The second kappa shape index (κ2) is 4.87. The second-order valence-electron chi connectivity index (χ2n) is 4.32. The van der Waals surface area contributed by atoms with E-state index in [-0.39, 0.29) is 12.1 Å². The van der Waals surface area contributed by atoms with Gasteiger partial charge in [0.2, 0.25) is 0 Å². The summed E-state index contributed by atoms with van der Waals surface area (Å²) in [5, 5.41) is 2.46. The second-order valence-corrected chi connectivity index (χ2v) is 5.23. The van der Waals surface area contributed by atoms with Gasteiger partial charge in [-0.05, 0) is 43.6 Å². The highest BCUT2D eigenvalue weighted by Gasteiger charge is 2.22. The molecule has 0 unspecified atom stereocenters. The molecule has 1 fully saturated rings. The lowest BCUT2D eigenvalue weighted by atomic mass is 9.98. The molecule has 0 amide bonds. The van der Waals surface area contributed by atoms with E-state index >= 15 is 0 Å². The fourth-order valence-electron chi connectivity index (χ4n) is 2.12. The first-order valence-electron chi connectivity index (χ1n) is 5.73. The van der Waals surface area contributed by atoms with Gasteiger partial charge in [0.1, 0.15) is 11.1 Å². The third-order valence-electron chi connectivity index (χ3n) is 3.03. The monoisotopic (exact) mass is 239 g/mol. The van der Waals surface area contributed by atoms with Crippen molar-refractivity contribution in [2.24, 2.45) is 0 Å². The van der Waals surface area contributed by atoms with Crippen LogP contribution >= 0.6 is 11.3 Å². The van der Waals surface area contributed by atoms with Gasteiger partial charge in [0.25, 0.3) is 0 Å². The third-order valence-corrected chi connectivity index (χ3v) is 3.96. The molecular weight excluding hydrogens is 222 g/mol. The van der Waals surface area contributed by atoms with Gasteiger partial charge in [-0.2, -0.15) is 0 Å².